The maximum Gasteiger partial charge on any atom is 0.329 e. The van der Waals surface area contributed by atoms with E-state index in [-0.39, 0.29) is 5.69 Å². The number of pyridine rings is 1. The predicted molar refractivity (Wildman–Crippen MR) is 99.8 cm³/mol. The number of carboxylic acid groups (broad SMARTS) is 1. The lowest BCUT2D eigenvalue weighted by atomic mass is 9.96. The van der Waals surface area contributed by atoms with Gasteiger partial charge in [0, 0.05) is 11.6 Å². The van der Waals surface area contributed by atoms with Crippen molar-refractivity contribution in [2.75, 3.05) is 0 Å². The quantitative estimate of drug-likeness (QED) is 0.693. The first-order valence-corrected chi connectivity index (χ1v) is 8.69. The third kappa shape index (κ3) is 3.38. The molecule has 2 N–H and O–H groups in total. The Morgan fingerprint density at radius 1 is 1.26 bits per heavy atom. The highest BCUT2D eigenvalue weighted by atomic mass is 16.4. The summed E-state index contributed by atoms with van der Waals surface area (Å²) in [5.41, 5.74) is 0.678. The summed E-state index contributed by atoms with van der Waals surface area (Å²) in [6, 6.07) is 9.45. The van der Waals surface area contributed by atoms with Crippen molar-refractivity contribution in [2.45, 2.75) is 39.2 Å². The summed E-state index contributed by atoms with van der Waals surface area (Å²) < 4.78 is 1.54. The minimum atomic E-state index is -1.36. The Balaban J connectivity index is 1.98. The lowest BCUT2D eigenvalue weighted by Crippen LogP contribution is -2.52. The van der Waals surface area contributed by atoms with Gasteiger partial charge in [0.1, 0.15) is 5.54 Å². The number of fused-ring (bicyclic) bond motifs is 1. The molecule has 1 amide bonds. The van der Waals surface area contributed by atoms with Crippen molar-refractivity contribution < 1.29 is 14.7 Å². The largest absolute Gasteiger partial charge is 0.480 e. The van der Waals surface area contributed by atoms with Gasteiger partial charge in [-0.3, -0.25) is 9.78 Å². The molecule has 3 aromatic rings. The van der Waals surface area contributed by atoms with E-state index in [1.54, 1.807) is 17.8 Å². The van der Waals surface area contributed by atoms with Gasteiger partial charge in [0.15, 0.2) is 5.69 Å². The number of rotatable bonds is 6. The van der Waals surface area contributed by atoms with Crippen LogP contribution < -0.4 is 5.32 Å². The Morgan fingerprint density at radius 2 is 2.00 bits per heavy atom. The molecule has 8 nitrogen and oxygen atoms in total. The number of nitrogens with zero attached hydrogens (tertiary/aromatic N) is 4. The van der Waals surface area contributed by atoms with E-state index in [1.807, 2.05) is 37.3 Å². The molecule has 0 bridgehead atoms. The van der Waals surface area contributed by atoms with E-state index in [2.05, 4.69) is 20.6 Å². The number of carbonyl (C=O) groups is 2. The van der Waals surface area contributed by atoms with E-state index < -0.39 is 17.4 Å². The van der Waals surface area contributed by atoms with Crippen molar-refractivity contribution in [1.82, 2.24) is 25.3 Å². The van der Waals surface area contributed by atoms with Crippen LogP contribution in [0.4, 0.5) is 0 Å². The van der Waals surface area contributed by atoms with Gasteiger partial charge >= 0.3 is 5.97 Å². The molecule has 0 aliphatic heterocycles. The van der Waals surface area contributed by atoms with E-state index in [1.165, 1.54) is 6.92 Å². The van der Waals surface area contributed by atoms with E-state index >= 15 is 0 Å². The Morgan fingerprint density at radius 3 is 2.70 bits per heavy atom. The summed E-state index contributed by atoms with van der Waals surface area (Å²) in [7, 11) is 0. The normalized spacial score (nSPS) is 13.3. The van der Waals surface area contributed by atoms with Gasteiger partial charge in [-0.05, 0) is 32.4 Å². The molecule has 0 saturated carbocycles. The van der Waals surface area contributed by atoms with E-state index in [0.29, 0.717) is 24.2 Å². The average molecular weight is 367 g/mol. The fourth-order valence-electron chi connectivity index (χ4n) is 3.06. The molecule has 2 heterocycles. The number of para-hydroxylation sites is 1. The Hall–Kier alpha value is -3.29. The number of nitrogens with one attached hydrogen (secondary N) is 1. The molecule has 1 aromatic carbocycles. The van der Waals surface area contributed by atoms with Gasteiger partial charge in [0.2, 0.25) is 0 Å². The Kier molecular flexibility index (Phi) is 4.89. The number of benzene rings is 1. The SMILES string of the molecule is CCCC(C)(NC(=O)c1nnn(-c2cccc3cccnc23)c1C)C(=O)O. The maximum atomic E-state index is 12.7. The third-order valence-corrected chi connectivity index (χ3v) is 4.56. The first-order valence-electron chi connectivity index (χ1n) is 8.69. The van der Waals surface area contributed by atoms with E-state index in [9.17, 15) is 14.7 Å². The van der Waals surface area contributed by atoms with Crippen LogP contribution in [0.3, 0.4) is 0 Å². The van der Waals surface area contributed by atoms with Crippen LogP contribution in [0.25, 0.3) is 16.6 Å². The monoisotopic (exact) mass is 367 g/mol. The minimum Gasteiger partial charge on any atom is -0.480 e. The molecule has 1 unspecified atom stereocenters. The van der Waals surface area contributed by atoms with Crippen molar-refractivity contribution >= 4 is 22.8 Å². The van der Waals surface area contributed by atoms with Crippen LogP contribution in [-0.4, -0.2) is 42.5 Å². The zero-order valence-corrected chi connectivity index (χ0v) is 15.4. The van der Waals surface area contributed by atoms with Crippen molar-refractivity contribution in [3.63, 3.8) is 0 Å². The van der Waals surface area contributed by atoms with E-state index in [4.69, 9.17) is 0 Å². The molecule has 0 fully saturated rings. The minimum absolute atomic E-state index is 0.0894. The lowest BCUT2D eigenvalue weighted by molar-refractivity contribution is -0.144. The van der Waals surface area contributed by atoms with Crippen LogP contribution in [0.5, 0.6) is 0 Å². The van der Waals surface area contributed by atoms with Crippen LogP contribution in [0.2, 0.25) is 0 Å². The highest BCUT2D eigenvalue weighted by Crippen LogP contribution is 2.22. The molecule has 0 aliphatic carbocycles. The average Bonchev–Trinajstić information content (AvgIpc) is 3.02. The zero-order chi connectivity index (χ0) is 19.6. The van der Waals surface area contributed by atoms with Gasteiger partial charge in [-0.25, -0.2) is 9.48 Å². The predicted octanol–water partition coefficient (Wildman–Crippen LogP) is 2.50. The van der Waals surface area contributed by atoms with Gasteiger partial charge in [0.05, 0.1) is 16.9 Å². The zero-order valence-electron chi connectivity index (χ0n) is 15.4. The summed E-state index contributed by atoms with van der Waals surface area (Å²) in [6.07, 6.45) is 2.62. The van der Waals surface area contributed by atoms with Gasteiger partial charge in [-0.2, -0.15) is 0 Å². The number of carbonyl (C=O) groups excluding carboxylic acids is 1. The van der Waals surface area contributed by atoms with Gasteiger partial charge in [-0.1, -0.05) is 36.8 Å². The summed E-state index contributed by atoms with van der Waals surface area (Å²) in [5, 5.41) is 21.1. The van der Waals surface area contributed by atoms with Gasteiger partial charge in [0.25, 0.3) is 5.91 Å². The smallest absolute Gasteiger partial charge is 0.329 e. The fraction of sp³-hybridized carbons (Fsp3) is 0.316. The van der Waals surface area contributed by atoms with Crippen molar-refractivity contribution in [3.05, 3.63) is 47.9 Å². The molecule has 140 valence electrons. The summed E-state index contributed by atoms with van der Waals surface area (Å²) >= 11 is 0. The number of carboxylic acids is 1. The number of amides is 1. The van der Waals surface area contributed by atoms with Crippen LogP contribution in [0.1, 0.15) is 42.9 Å². The van der Waals surface area contributed by atoms with E-state index in [0.717, 1.165) is 10.9 Å². The van der Waals surface area contributed by atoms with Crippen molar-refractivity contribution in [1.29, 1.82) is 0 Å². The summed E-state index contributed by atoms with van der Waals surface area (Å²) in [4.78, 5) is 28.6. The molecular weight excluding hydrogens is 346 g/mol. The highest BCUT2D eigenvalue weighted by Gasteiger charge is 2.35. The Bertz CT molecular complexity index is 1010. The number of aromatic nitrogens is 4. The molecule has 1 atom stereocenters. The van der Waals surface area contributed by atoms with Crippen LogP contribution >= 0.6 is 0 Å². The van der Waals surface area contributed by atoms with Gasteiger partial charge < -0.3 is 10.4 Å². The number of aliphatic carboxylic acids is 1. The molecule has 2 aromatic heterocycles. The number of hydrogen-bond acceptors (Lipinski definition) is 5. The van der Waals surface area contributed by atoms with Crippen LogP contribution in [0.15, 0.2) is 36.5 Å². The maximum absolute atomic E-state index is 12.7. The standard InChI is InChI=1S/C19H21N5O3/c1-4-10-19(3,18(26)27)21-17(25)15-12(2)24(23-22-15)14-9-5-7-13-8-6-11-20-16(13)14/h5-9,11H,4,10H2,1-3H3,(H,21,25)(H,26,27). The molecular formula is C19H21N5O3. The molecule has 0 saturated heterocycles. The fourth-order valence-corrected chi connectivity index (χ4v) is 3.06. The molecule has 0 spiro atoms. The third-order valence-electron chi connectivity index (χ3n) is 4.56. The second-order valence-electron chi connectivity index (χ2n) is 6.63. The molecule has 3 rings (SSSR count). The molecule has 8 heteroatoms. The van der Waals surface area contributed by atoms with Crippen LogP contribution in [0, 0.1) is 6.92 Å². The number of hydrogen-bond donors (Lipinski definition) is 2. The second-order valence-corrected chi connectivity index (χ2v) is 6.63. The molecule has 0 aliphatic rings. The first-order chi connectivity index (χ1) is 12.9. The van der Waals surface area contributed by atoms with Gasteiger partial charge in [-0.15, -0.1) is 5.10 Å². The van der Waals surface area contributed by atoms with Crippen LogP contribution in [-0.2, 0) is 4.79 Å². The van der Waals surface area contributed by atoms with Crippen molar-refractivity contribution in [2.24, 2.45) is 0 Å². The first kappa shape index (κ1) is 18.5. The second kappa shape index (κ2) is 7.14. The Labute approximate surface area is 156 Å². The molecule has 27 heavy (non-hydrogen) atoms. The topological polar surface area (TPSA) is 110 Å². The lowest BCUT2D eigenvalue weighted by Gasteiger charge is -2.25. The summed E-state index contributed by atoms with van der Waals surface area (Å²) in [5.74, 6) is -1.65. The highest BCUT2D eigenvalue weighted by molar-refractivity contribution is 5.97. The summed E-state index contributed by atoms with van der Waals surface area (Å²) in [6.45, 7) is 5.07. The van der Waals surface area contributed by atoms with Crippen molar-refractivity contribution in [3.8, 4) is 5.69 Å². The molecule has 0 radical (unpaired) electrons.